The van der Waals surface area contributed by atoms with Crippen molar-refractivity contribution in [1.82, 2.24) is 15.0 Å². The largest absolute Gasteiger partial charge is 0.493 e. The van der Waals surface area contributed by atoms with Crippen molar-refractivity contribution in [2.75, 3.05) is 32.6 Å². The zero-order chi connectivity index (χ0) is 21.8. The van der Waals surface area contributed by atoms with Crippen LogP contribution in [0.1, 0.15) is 24.7 Å². The molecule has 2 heterocycles. The molecule has 0 radical (unpaired) electrons. The Hall–Kier alpha value is -3.62. The van der Waals surface area contributed by atoms with Crippen LogP contribution in [0.15, 0.2) is 47.0 Å². The first-order valence-electron chi connectivity index (χ1n) is 9.95. The molecule has 4 rings (SSSR count). The fraction of sp³-hybridized carbons (Fsp3) is 0.318. The molecule has 0 aliphatic carbocycles. The lowest BCUT2D eigenvalue weighted by atomic mass is 9.97. The summed E-state index contributed by atoms with van der Waals surface area (Å²) in [5.41, 5.74) is 1.33. The second kappa shape index (κ2) is 9.03. The van der Waals surface area contributed by atoms with Crippen molar-refractivity contribution in [2.45, 2.75) is 18.8 Å². The molecule has 0 bridgehead atoms. The van der Waals surface area contributed by atoms with Gasteiger partial charge in [0.05, 0.1) is 14.2 Å². The highest BCUT2D eigenvalue weighted by Gasteiger charge is 2.28. The van der Waals surface area contributed by atoms with Gasteiger partial charge in [-0.05, 0) is 49.2 Å². The average Bonchev–Trinajstić information content (AvgIpc) is 3.30. The fourth-order valence-corrected chi connectivity index (χ4v) is 3.56. The van der Waals surface area contributed by atoms with Gasteiger partial charge in [-0.25, -0.2) is 9.18 Å². The van der Waals surface area contributed by atoms with Gasteiger partial charge in [0.2, 0.25) is 11.7 Å². The van der Waals surface area contributed by atoms with Gasteiger partial charge in [0.1, 0.15) is 5.82 Å². The quantitative estimate of drug-likeness (QED) is 0.654. The smallest absolute Gasteiger partial charge is 0.321 e. The maximum absolute atomic E-state index is 13.1. The highest BCUT2D eigenvalue weighted by Crippen LogP contribution is 2.31. The molecule has 1 fully saturated rings. The number of aromatic nitrogens is 2. The Morgan fingerprint density at radius 3 is 2.48 bits per heavy atom. The topological polar surface area (TPSA) is 89.7 Å². The summed E-state index contributed by atoms with van der Waals surface area (Å²) in [5, 5.41) is 6.90. The fourth-order valence-electron chi connectivity index (χ4n) is 3.56. The molecule has 31 heavy (non-hydrogen) atoms. The lowest BCUT2D eigenvalue weighted by Gasteiger charge is -2.30. The van der Waals surface area contributed by atoms with E-state index in [1.54, 1.807) is 49.5 Å². The summed E-state index contributed by atoms with van der Waals surface area (Å²) < 4.78 is 29.0. The van der Waals surface area contributed by atoms with Crippen molar-refractivity contribution in [2.24, 2.45) is 0 Å². The van der Waals surface area contributed by atoms with Gasteiger partial charge in [-0.3, -0.25) is 0 Å². The van der Waals surface area contributed by atoms with Gasteiger partial charge in [0, 0.05) is 36.3 Å². The number of rotatable bonds is 5. The van der Waals surface area contributed by atoms with Crippen LogP contribution in [-0.2, 0) is 0 Å². The highest BCUT2D eigenvalue weighted by molar-refractivity contribution is 5.89. The number of nitrogens with zero attached hydrogens (tertiary/aromatic N) is 3. The van der Waals surface area contributed by atoms with Crippen LogP contribution >= 0.6 is 0 Å². The number of likely N-dealkylation sites (tertiary alicyclic amines) is 1. The highest BCUT2D eigenvalue weighted by atomic mass is 19.1. The standard InChI is InChI=1S/C22H23FN4O4/c1-29-18-8-7-17(13-19(18)30-2)24-22(28)27-11-9-15(10-12-27)21-25-20(26-31-21)14-3-5-16(23)6-4-14/h3-8,13,15H,9-12H2,1-2H3,(H,24,28). The number of nitrogens with one attached hydrogen (secondary N) is 1. The Bertz CT molecular complexity index is 1050. The van der Waals surface area contributed by atoms with Crippen molar-refractivity contribution in [3.05, 3.63) is 54.2 Å². The van der Waals surface area contributed by atoms with E-state index >= 15 is 0 Å². The third kappa shape index (κ3) is 4.60. The normalized spacial score (nSPS) is 14.4. The van der Waals surface area contributed by atoms with Crippen LogP contribution in [0.3, 0.4) is 0 Å². The van der Waals surface area contributed by atoms with Gasteiger partial charge >= 0.3 is 6.03 Å². The second-order valence-corrected chi connectivity index (χ2v) is 7.22. The monoisotopic (exact) mass is 426 g/mol. The number of hydrogen-bond acceptors (Lipinski definition) is 6. The van der Waals surface area contributed by atoms with Gasteiger partial charge in [-0.1, -0.05) is 5.16 Å². The van der Waals surface area contributed by atoms with Crippen LogP contribution in [0.2, 0.25) is 0 Å². The van der Waals surface area contributed by atoms with Crippen molar-refractivity contribution in [1.29, 1.82) is 0 Å². The van der Waals surface area contributed by atoms with E-state index in [2.05, 4.69) is 15.5 Å². The SMILES string of the molecule is COc1ccc(NC(=O)N2CCC(c3nc(-c4ccc(F)cc4)no3)CC2)cc1OC. The van der Waals surface area contributed by atoms with E-state index in [1.165, 1.54) is 12.1 Å². The van der Waals surface area contributed by atoms with E-state index in [1.807, 2.05) is 0 Å². The molecule has 0 spiro atoms. The van der Waals surface area contributed by atoms with E-state index in [0.717, 1.165) is 0 Å². The van der Waals surface area contributed by atoms with E-state index in [-0.39, 0.29) is 17.8 Å². The van der Waals surface area contributed by atoms with Crippen LogP contribution < -0.4 is 14.8 Å². The third-order valence-corrected chi connectivity index (χ3v) is 5.31. The summed E-state index contributed by atoms with van der Waals surface area (Å²) in [6.07, 6.45) is 1.43. The molecule has 8 nitrogen and oxygen atoms in total. The molecule has 162 valence electrons. The number of carbonyl (C=O) groups excluding carboxylic acids is 1. The first-order chi connectivity index (χ1) is 15.1. The Morgan fingerprint density at radius 2 is 1.81 bits per heavy atom. The molecule has 0 unspecified atom stereocenters. The summed E-state index contributed by atoms with van der Waals surface area (Å²) in [5.74, 6) is 1.88. The lowest BCUT2D eigenvalue weighted by molar-refractivity contribution is 0.187. The van der Waals surface area contributed by atoms with E-state index in [0.29, 0.717) is 60.4 Å². The van der Waals surface area contributed by atoms with Gasteiger partial charge in [-0.2, -0.15) is 4.98 Å². The van der Waals surface area contributed by atoms with E-state index < -0.39 is 0 Å². The Balaban J connectivity index is 1.34. The molecule has 0 atom stereocenters. The van der Waals surface area contributed by atoms with Crippen LogP contribution in [-0.4, -0.2) is 48.4 Å². The molecule has 1 N–H and O–H groups in total. The molecule has 9 heteroatoms. The van der Waals surface area contributed by atoms with Crippen molar-refractivity contribution in [3.8, 4) is 22.9 Å². The number of amides is 2. The van der Waals surface area contributed by atoms with Gasteiger partial charge in [-0.15, -0.1) is 0 Å². The molecule has 1 saturated heterocycles. The molecule has 1 aliphatic rings. The van der Waals surface area contributed by atoms with E-state index in [9.17, 15) is 9.18 Å². The summed E-state index contributed by atoms with van der Waals surface area (Å²) in [6.45, 7) is 1.14. The number of halogens is 1. The van der Waals surface area contributed by atoms with Crippen LogP contribution in [0.5, 0.6) is 11.5 Å². The minimum Gasteiger partial charge on any atom is -0.493 e. The van der Waals surface area contributed by atoms with Crippen LogP contribution in [0.25, 0.3) is 11.4 Å². The molecule has 2 aromatic carbocycles. The predicted octanol–water partition coefficient (Wildman–Crippen LogP) is 4.30. The van der Waals surface area contributed by atoms with Gasteiger partial charge in [0.25, 0.3) is 0 Å². The zero-order valence-electron chi connectivity index (χ0n) is 17.3. The maximum Gasteiger partial charge on any atom is 0.321 e. The Morgan fingerprint density at radius 1 is 1.10 bits per heavy atom. The lowest BCUT2D eigenvalue weighted by Crippen LogP contribution is -2.40. The summed E-state index contributed by atoms with van der Waals surface area (Å²) in [7, 11) is 3.11. The van der Waals surface area contributed by atoms with Gasteiger partial charge < -0.3 is 24.2 Å². The molecular weight excluding hydrogens is 403 g/mol. The first-order valence-corrected chi connectivity index (χ1v) is 9.95. The van der Waals surface area contributed by atoms with Gasteiger partial charge in [0.15, 0.2) is 11.5 Å². The molecule has 3 aromatic rings. The third-order valence-electron chi connectivity index (χ3n) is 5.31. The van der Waals surface area contributed by atoms with Crippen LogP contribution in [0, 0.1) is 5.82 Å². The Labute approximate surface area is 179 Å². The number of ether oxygens (including phenoxy) is 2. The number of hydrogen-bond donors (Lipinski definition) is 1. The number of benzene rings is 2. The average molecular weight is 426 g/mol. The summed E-state index contributed by atoms with van der Waals surface area (Å²) in [6, 6.07) is 11.0. The van der Waals surface area contributed by atoms with E-state index in [4.69, 9.17) is 14.0 Å². The van der Waals surface area contributed by atoms with Crippen molar-refractivity contribution >= 4 is 11.7 Å². The molecule has 2 amide bonds. The minimum absolute atomic E-state index is 0.0758. The predicted molar refractivity (Wildman–Crippen MR) is 112 cm³/mol. The molecule has 1 aromatic heterocycles. The van der Waals surface area contributed by atoms with Crippen molar-refractivity contribution in [3.63, 3.8) is 0 Å². The maximum atomic E-state index is 13.1. The number of methoxy groups -OCH3 is 2. The molecule has 1 aliphatic heterocycles. The zero-order valence-corrected chi connectivity index (χ0v) is 17.3. The number of anilines is 1. The summed E-state index contributed by atoms with van der Waals surface area (Å²) >= 11 is 0. The summed E-state index contributed by atoms with van der Waals surface area (Å²) in [4.78, 5) is 18.9. The second-order valence-electron chi connectivity index (χ2n) is 7.22. The molecule has 0 saturated carbocycles. The number of carbonyl (C=O) groups is 1. The molecular formula is C22H23FN4O4. The Kier molecular flexibility index (Phi) is 6.01. The number of piperidine rings is 1. The van der Waals surface area contributed by atoms with Crippen molar-refractivity contribution < 1.29 is 23.2 Å². The van der Waals surface area contributed by atoms with Crippen LogP contribution in [0.4, 0.5) is 14.9 Å². The number of urea groups is 1. The minimum atomic E-state index is -0.314. The first kappa shape index (κ1) is 20.6.